The molecule has 3 aromatic carbocycles. The van der Waals surface area contributed by atoms with E-state index in [-0.39, 0.29) is 18.3 Å². The van der Waals surface area contributed by atoms with E-state index in [0.29, 0.717) is 13.1 Å². The zero-order chi connectivity index (χ0) is 21.3. The molecular weight excluding hydrogens is 432 g/mol. The topological polar surface area (TPSA) is 53.0 Å². The van der Waals surface area contributed by atoms with Gasteiger partial charge in [0.1, 0.15) is 11.9 Å². The highest BCUT2D eigenvalue weighted by Crippen LogP contribution is 2.46. The SMILES string of the molecule is COc1ccc([C@@H]2Sc3cccc4cccc(c34)N(CCN(C)C)C(=O)[C@H]2O)cc1.Cl. The second kappa shape index (κ2) is 9.92. The lowest BCUT2D eigenvalue weighted by Crippen LogP contribution is -2.45. The number of hydrogen-bond donors (Lipinski definition) is 1. The van der Waals surface area contributed by atoms with Crippen LogP contribution in [0.25, 0.3) is 10.8 Å². The summed E-state index contributed by atoms with van der Waals surface area (Å²) in [6, 6.07) is 19.7. The number of ether oxygens (including phenoxy) is 1. The van der Waals surface area contributed by atoms with Crippen molar-refractivity contribution in [2.24, 2.45) is 0 Å². The van der Waals surface area contributed by atoms with Crippen molar-refractivity contribution in [1.29, 1.82) is 0 Å². The molecular formula is C24H27ClN2O3S. The number of carbonyl (C=O) groups is 1. The molecule has 0 spiro atoms. The number of thioether (sulfide) groups is 1. The van der Waals surface area contributed by atoms with Crippen LogP contribution >= 0.6 is 24.2 Å². The maximum absolute atomic E-state index is 13.5. The van der Waals surface area contributed by atoms with Crippen molar-refractivity contribution in [3.8, 4) is 5.75 Å². The molecule has 0 saturated heterocycles. The van der Waals surface area contributed by atoms with Gasteiger partial charge in [0, 0.05) is 23.4 Å². The van der Waals surface area contributed by atoms with E-state index in [4.69, 9.17) is 4.74 Å². The highest BCUT2D eigenvalue weighted by atomic mass is 35.5. The number of nitrogens with zero attached hydrogens (tertiary/aromatic N) is 2. The molecule has 164 valence electrons. The molecule has 0 bridgehead atoms. The molecule has 3 aromatic rings. The third-order valence-corrected chi connectivity index (χ3v) is 6.79. The van der Waals surface area contributed by atoms with E-state index in [1.807, 2.05) is 61.5 Å². The quantitative estimate of drug-likeness (QED) is 0.615. The van der Waals surface area contributed by atoms with Crippen molar-refractivity contribution >= 4 is 46.5 Å². The van der Waals surface area contributed by atoms with Gasteiger partial charge in [-0.2, -0.15) is 0 Å². The molecule has 0 radical (unpaired) electrons. The molecule has 1 amide bonds. The summed E-state index contributed by atoms with van der Waals surface area (Å²) in [5, 5.41) is 12.9. The summed E-state index contributed by atoms with van der Waals surface area (Å²) in [6.07, 6.45) is -1.16. The van der Waals surface area contributed by atoms with E-state index in [1.54, 1.807) is 12.0 Å². The Hall–Kier alpha value is -2.25. The molecule has 0 fully saturated rings. The van der Waals surface area contributed by atoms with Crippen molar-refractivity contribution < 1.29 is 14.6 Å². The molecule has 0 aliphatic carbocycles. The van der Waals surface area contributed by atoms with Crippen LogP contribution in [0.15, 0.2) is 65.6 Å². The summed E-state index contributed by atoms with van der Waals surface area (Å²) in [5.41, 5.74) is 1.75. The van der Waals surface area contributed by atoms with Gasteiger partial charge in [0.2, 0.25) is 0 Å². The first kappa shape index (κ1) is 23.4. The molecule has 0 aromatic heterocycles. The van der Waals surface area contributed by atoms with E-state index in [9.17, 15) is 9.90 Å². The van der Waals surface area contributed by atoms with Crippen LogP contribution < -0.4 is 9.64 Å². The van der Waals surface area contributed by atoms with Crippen molar-refractivity contribution in [3.63, 3.8) is 0 Å². The second-order valence-corrected chi connectivity index (χ2v) is 8.86. The number of rotatable bonds is 5. The number of methoxy groups -OCH3 is 1. The van der Waals surface area contributed by atoms with Crippen LogP contribution in [0, 0.1) is 0 Å². The van der Waals surface area contributed by atoms with Crippen LogP contribution in [-0.4, -0.2) is 56.3 Å². The van der Waals surface area contributed by atoms with Gasteiger partial charge in [-0.3, -0.25) is 4.79 Å². The van der Waals surface area contributed by atoms with Crippen molar-refractivity contribution in [1.82, 2.24) is 4.90 Å². The summed E-state index contributed by atoms with van der Waals surface area (Å²) in [4.78, 5) is 18.3. The lowest BCUT2D eigenvalue weighted by molar-refractivity contribution is -0.126. The second-order valence-electron chi connectivity index (χ2n) is 7.68. The minimum atomic E-state index is -1.16. The molecule has 0 unspecified atom stereocenters. The summed E-state index contributed by atoms with van der Waals surface area (Å²) in [7, 11) is 5.59. The number of anilines is 1. The predicted molar refractivity (Wildman–Crippen MR) is 130 cm³/mol. The van der Waals surface area contributed by atoms with Crippen LogP contribution in [0.2, 0.25) is 0 Å². The van der Waals surface area contributed by atoms with Gasteiger partial charge in [-0.25, -0.2) is 0 Å². The third-order valence-electron chi connectivity index (χ3n) is 5.41. The molecule has 31 heavy (non-hydrogen) atoms. The lowest BCUT2D eigenvalue weighted by Gasteiger charge is -2.33. The van der Waals surface area contributed by atoms with E-state index in [0.717, 1.165) is 32.7 Å². The number of hydrogen-bond acceptors (Lipinski definition) is 5. The number of benzene rings is 3. The van der Waals surface area contributed by atoms with Gasteiger partial charge < -0.3 is 19.6 Å². The van der Waals surface area contributed by atoms with Crippen molar-refractivity contribution in [2.75, 3.05) is 39.2 Å². The van der Waals surface area contributed by atoms with E-state index in [2.05, 4.69) is 18.2 Å². The fraction of sp³-hybridized carbons (Fsp3) is 0.292. The maximum atomic E-state index is 13.5. The Bertz CT molecular complexity index is 1050. The first-order valence-corrected chi connectivity index (χ1v) is 10.8. The van der Waals surface area contributed by atoms with E-state index >= 15 is 0 Å². The Labute approximate surface area is 193 Å². The lowest BCUT2D eigenvalue weighted by atomic mass is 10.0. The van der Waals surface area contributed by atoms with Gasteiger partial charge in [-0.1, -0.05) is 36.4 Å². The molecule has 4 rings (SSSR count). The normalized spacial score (nSPS) is 18.5. The fourth-order valence-electron chi connectivity index (χ4n) is 3.79. The summed E-state index contributed by atoms with van der Waals surface area (Å²) < 4.78 is 5.26. The van der Waals surface area contributed by atoms with Gasteiger partial charge in [0.05, 0.1) is 18.0 Å². The standard InChI is InChI=1S/C24H26N2O3S.ClH/c1-25(2)14-15-26-19-8-4-6-16-7-5-9-20(21(16)19)30-23(22(27)24(26)28)17-10-12-18(29-3)13-11-17;/h4-13,22-23,27H,14-15H2,1-3H3;1H/t22-,23-;/m0./s1. The highest BCUT2D eigenvalue weighted by molar-refractivity contribution is 7.99. The van der Waals surface area contributed by atoms with Gasteiger partial charge >= 0.3 is 0 Å². The summed E-state index contributed by atoms with van der Waals surface area (Å²) in [6.45, 7) is 1.22. The number of likely N-dealkylation sites (N-methyl/N-ethyl adjacent to an activating group) is 1. The van der Waals surface area contributed by atoms with Crippen LogP contribution in [-0.2, 0) is 4.79 Å². The summed E-state index contributed by atoms with van der Waals surface area (Å²) in [5.74, 6) is 0.475. The number of carbonyl (C=O) groups excluding carboxylic acids is 1. The Morgan fingerprint density at radius 3 is 2.39 bits per heavy atom. The zero-order valence-corrected chi connectivity index (χ0v) is 19.5. The average molecular weight is 459 g/mol. The average Bonchev–Trinajstić information content (AvgIpc) is 2.76. The minimum absolute atomic E-state index is 0. The monoisotopic (exact) mass is 458 g/mol. The Balaban J connectivity index is 0.00000272. The third kappa shape index (κ3) is 4.67. The molecule has 7 heteroatoms. The Morgan fingerprint density at radius 1 is 1.06 bits per heavy atom. The van der Waals surface area contributed by atoms with Gasteiger partial charge in [0.15, 0.2) is 0 Å². The molecule has 0 saturated carbocycles. The first-order chi connectivity index (χ1) is 14.5. The number of amides is 1. The molecule has 1 aliphatic rings. The number of aliphatic hydroxyl groups excluding tert-OH is 1. The van der Waals surface area contributed by atoms with Crippen molar-refractivity contribution in [3.05, 3.63) is 66.2 Å². The van der Waals surface area contributed by atoms with Crippen LogP contribution in [0.4, 0.5) is 5.69 Å². The van der Waals surface area contributed by atoms with Gasteiger partial charge in [-0.05, 0) is 49.3 Å². The van der Waals surface area contributed by atoms with Crippen LogP contribution in [0.3, 0.4) is 0 Å². The first-order valence-electron chi connectivity index (χ1n) is 9.96. The van der Waals surface area contributed by atoms with Gasteiger partial charge in [0.25, 0.3) is 5.91 Å². The smallest absolute Gasteiger partial charge is 0.257 e. The minimum Gasteiger partial charge on any atom is -0.497 e. The van der Waals surface area contributed by atoms with E-state index < -0.39 is 11.4 Å². The molecule has 5 nitrogen and oxygen atoms in total. The molecule has 1 heterocycles. The highest BCUT2D eigenvalue weighted by Gasteiger charge is 2.36. The molecule has 1 aliphatic heterocycles. The fourth-order valence-corrected chi connectivity index (χ4v) is 5.10. The number of halogens is 1. The maximum Gasteiger partial charge on any atom is 0.257 e. The molecule has 1 N–H and O–H groups in total. The summed E-state index contributed by atoms with van der Waals surface area (Å²) >= 11 is 1.54. The molecule has 2 atom stereocenters. The van der Waals surface area contributed by atoms with Crippen molar-refractivity contribution in [2.45, 2.75) is 16.2 Å². The predicted octanol–water partition coefficient (Wildman–Crippen LogP) is 4.37. The van der Waals surface area contributed by atoms with Crippen LogP contribution in [0.5, 0.6) is 5.75 Å². The zero-order valence-electron chi connectivity index (χ0n) is 17.8. The van der Waals surface area contributed by atoms with Gasteiger partial charge in [-0.15, -0.1) is 24.2 Å². The number of aliphatic hydroxyl groups is 1. The van der Waals surface area contributed by atoms with E-state index in [1.165, 1.54) is 11.8 Å². The van der Waals surface area contributed by atoms with Crippen LogP contribution in [0.1, 0.15) is 10.8 Å². The Morgan fingerprint density at radius 2 is 1.74 bits per heavy atom. The Kier molecular flexibility index (Phi) is 7.49. The largest absolute Gasteiger partial charge is 0.497 e.